The fraction of sp³-hybridized carbons (Fsp3) is 0.143. The van der Waals surface area contributed by atoms with Crippen molar-refractivity contribution in [2.24, 2.45) is 4.40 Å². The lowest BCUT2D eigenvalue weighted by Gasteiger charge is -2.18. The Hall–Kier alpha value is -3.04. The second kappa shape index (κ2) is 8.00. The maximum Gasteiger partial charge on any atom is 0.282 e. The van der Waals surface area contributed by atoms with Gasteiger partial charge in [0.25, 0.3) is 10.0 Å². The van der Waals surface area contributed by atoms with Crippen molar-refractivity contribution < 1.29 is 26.4 Å². The third kappa shape index (κ3) is 3.99. The van der Waals surface area contributed by atoms with E-state index in [1.54, 1.807) is 18.2 Å². The van der Waals surface area contributed by atoms with Gasteiger partial charge >= 0.3 is 0 Å². The Morgan fingerprint density at radius 3 is 2.00 bits per heavy atom. The first kappa shape index (κ1) is 21.7. The Morgan fingerprint density at radius 1 is 0.833 bits per heavy atom. The summed E-state index contributed by atoms with van der Waals surface area (Å²) in [7, 11) is -6.85. The predicted octanol–water partition coefficient (Wildman–Crippen LogP) is 3.10. The van der Waals surface area contributed by atoms with Crippen LogP contribution in [-0.2, 0) is 24.7 Å². The molecule has 7 nitrogen and oxygen atoms in total. The van der Waals surface area contributed by atoms with E-state index in [9.17, 15) is 21.6 Å². The van der Waals surface area contributed by atoms with E-state index in [0.29, 0.717) is 5.75 Å². The average molecular weight is 446 g/mol. The first-order valence-corrected chi connectivity index (χ1v) is 11.7. The molecule has 0 amide bonds. The van der Waals surface area contributed by atoms with Crippen LogP contribution in [0.25, 0.3) is 0 Å². The van der Waals surface area contributed by atoms with Crippen LogP contribution in [0.2, 0.25) is 0 Å². The van der Waals surface area contributed by atoms with E-state index in [1.807, 2.05) is 0 Å². The van der Waals surface area contributed by atoms with Crippen LogP contribution in [0.5, 0.6) is 5.75 Å². The molecule has 1 aliphatic rings. The molecule has 0 heterocycles. The van der Waals surface area contributed by atoms with Gasteiger partial charge in [0, 0.05) is 0 Å². The molecule has 0 N–H and O–H groups in total. The molecule has 0 saturated heterocycles. The molecule has 0 aromatic heterocycles. The van der Waals surface area contributed by atoms with Crippen LogP contribution in [0.15, 0.2) is 90.9 Å². The Morgan fingerprint density at radius 2 is 1.43 bits per heavy atom. The summed E-state index contributed by atoms with van der Waals surface area (Å²) in [6.45, 7) is 2.89. The molecule has 30 heavy (non-hydrogen) atoms. The molecule has 9 heteroatoms. The number of ketones is 1. The van der Waals surface area contributed by atoms with Crippen LogP contribution in [0.3, 0.4) is 0 Å². The zero-order chi connectivity index (χ0) is 22.1. The molecule has 0 saturated carbocycles. The van der Waals surface area contributed by atoms with Crippen molar-refractivity contribution in [2.45, 2.75) is 23.6 Å². The minimum atomic E-state index is -4.15. The fourth-order valence-electron chi connectivity index (χ4n) is 3.03. The van der Waals surface area contributed by atoms with E-state index in [2.05, 4.69) is 4.40 Å². The Labute approximate surface area is 175 Å². The summed E-state index contributed by atoms with van der Waals surface area (Å²) in [6.07, 6.45) is 1.09. The topological polar surface area (TPSA) is 107 Å². The number of allylic oxidation sites excluding steroid dienone is 4. The summed E-state index contributed by atoms with van der Waals surface area (Å²) < 4.78 is 60.5. The SMILES string of the molecule is COc1ccc(S(=O)(=O)N=C2C(C)=CC(=O)C(S(=O)(=O)c3ccccc3)=C2C)cc1. The lowest BCUT2D eigenvalue weighted by atomic mass is 9.97. The largest absolute Gasteiger partial charge is 0.497 e. The molecular formula is C21H19NO6S2. The van der Waals surface area contributed by atoms with Crippen LogP contribution >= 0.6 is 0 Å². The molecule has 0 bridgehead atoms. The standard InChI is InChI=1S/C21H19NO6S2/c1-14-13-19(23)21(29(24,25)17-7-5-4-6-8-17)15(2)20(14)22-30(26,27)18-11-9-16(28-3)10-12-18/h4-13H,1-3H3. The lowest BCUT2D eigenvalue weighted by molar-refractivity contribution is -0.110. The van der Waals surface area contributed by atoms with Crippen molar-refractivity contribution in [2.75, 3.05) is 7.11 Å². The van der Waals surface area contributed by atoms with Gasteiger partial charge in [-0.3, -0.25) is 4.79 Å². The number of hydrogen-bond acceptors (Lipinski definition) is 6. The van der Waals surface area contributed by atoms with Crippen molar-refractivity contribution in [3.63, 3.8) is 0 Å². The van der Waals surface area contributed by atoms with E-state index < -0.39 is 30.5 Å². The first-order valence-electron chi connectivity index (χ1n) is 8.81. The first-order chi connectivity index (χ1) is 14.1. The van der Waals surface area contributed by atoms with Gasteiger partial charge in [0.1, 0.15) is 10.7 Å². The average Bonchev–Trinajstić information content (AvgIpc) is 2.71. The van der Waals surface area contributed by atoms with E-state index in [-0.39, 0.29) is 26.6 Å². The smallest absolute Gasteiger partial charge is 0.282 e. The third-order valence-electron chi connectivity index (χ3n) is 4.53. The molecule has 0 spiro atoms. The van der Waals surface area contributed by atoms with Gasteiger partial charge in [-0.25, -0.2) is 8.42 Å². The van der Waals surface area contributed by atoms with Crippen LogP contribution in [-0.4, -0.2) is 35.4 Å². The number of carbonyl (C=O) groups excluding carboxylic acids is 1. The molecule has 0 fully saturated rings. The Bertz CT molecular complexity index is 1300. The molecule has 3 rings (SSSR count). The molecule has 1 aliphatic carbocycles. The molecule has 0 aliphatic heterocycles. The normalized spacial score (nSPS) is 16.6. The number of carbonyl (C=O) groups is 1. The number of benzene rings is 2. The monoisotopic (exact) mass is 445 g/mol. The quantitative estimate of drug-likeness (QED) is 0.655. The highest BCUT2D eigenvalue weighted by molar-refractivity contribution is 7.96. The number of nitrogens with zero attached hydrogens (tertiary/aromatic N) is 1. The Balaban J connectivity index is 2.16. The molecule has 0 atom stereocenters. The number of sulfonamides is 1. The lowest BCUT2D eigenvalue weighted by Crippen LogP contribution is -2.23. The zero-order valence-corrected chi connectivity index (χ0v) is 18.1. The highest BCUT2D eigenvalue weighted by Crippen LogP contribution is 2.30. The van der Waals surface area contributed by atoms with Gasteiger partial charge < -0.3 is 4.74 Å². The molecule has 2 aromatic carbocycles. The molecule has 156 valence electrons. The molecular weight excluding hydrogens is 426 g/mol. The second-order valence-electron chi connectivity index (χ2n) is 6.55. The van der Waals surface area contributed by atoms with Gasteiger partial charge in [0.15, 0.2) is 5.78 Å². The molecule has 0 radical (unpaired) electrons. The van der Waals surface area contributed by atoms with E-state index in [1.165, 1.54) is 57.4 Å². The van der Waals surface area contributed by atoms with Crippen molar-refractivity contribution in [3.8, 4) is 5.75 Å². The number of sulfone groups is 1. The van der Waals surface area contributed by atoms with E-state index >= 15 is 0 Å². The van der Waals surface area contributed by atoms with E-state index in [0.717, 1.165) is 6.08 Å². The van der Waals surface area contributed by atoms with Gasteiger partial charge in [-0.05, 0) is 67.5 Å². The van der Waals surface area contributed by atoms with Crippen LogP contribution in [0.1, 0.15) is 13.8 Å². The molecule has 2 aromatic rings. The summed E-state index contributed by atoms with van der Waals surface area (Å²) in [4.78, 5) is 11.9. The van der Waals surface area contributed by atoms with Crippen LogP contribution < -0.4 is 4.74 Å². The third-order valence-corrected chi connectivity index (χ3v) is 7.76. The maximum atomic E-state index is 13.0. The minimum absolute atomic E-state index is 0.0130. The van der Waals surface area contributed by atoms with Gasteiger partial charge in [-0.2, -0.15) is 12.8 Å². The van der Waals surface area contributed by atoms with Gasteiger partial charge in [-0.15, -0.1) is 0 Å². The zero-order valence-electron chi connectivity index (χ0n) is 16.5. The van der Waals surface area contributed by atoms with Gasteiger partial charge in [0.05, 0.1) is 22.6 Å². The van der Waals surface area contributed by atoms with Crippen molar-refractivity contribution in [1.82, 2.24) is 0 Å². The van der Waals surface area contributed by atoms with E-state index in [4.69, 9.17) is 4.74 Å². The fourth-order valence-corrected chi connectivity index (χ4v) is 5.71. The number of ether oxygens (including phenoxy) is 1. The van der Waals surface area contributed by atoms with Crippen molar-refractivity contribution >= 4 is 31.4 Å². The van der Waals surface area contributed by atoms with Crippen molar-refractivity contribution in [3.05, 3.63) is 76.7 Å². The predicted molar refractivity (Wildman–Crippen MR) is 113 cm³/mol. The number of hydrogen-bond donors (Lipinski definition) is 0. The summed E-state index contributed by atoms with van der Waals surface area (Å²) >= 11 is 0. The summed E-state index contributed by atoms with van der Waals surface area (Å²) in [5, 5.41) is 0. The summed E-state index contributed by atoms with van der Waals surface area (Å²) in [5.74, 6) is -0.233. The highest BCUT2D eigenvalue weighted by atomic mass is 32.2. The van der Waals surface area contributed by atoms with Crippen LogP contribution in [0.4, 0.5) is 0 Å². The second-order valence-corrected chi connectivity index (χ2v) is 10.0. The number of methoxy groups -OCH3 is 1. The number of rotatable bonds is 5. The van der Waals surface area contributed by atoms with Crippen molar-refractivity contribution in [1.29, 1.82) is 0 Å². The summed E-state index contributed by atoms with van der Waals surface area (Å²) in [5.41, 5.74) is 0.183. The molecule has 0 unspecified atom stereocenters. The van der Waals surface area contributed by atoms with Gasteiger partial charge in [0.2, 0.25) is 9.84 Å². The maximum absolute atomic E-state index is 13.0. The van der Waals surface area contributed by atoms with Gasteiger partial charge in [-0.1, -0.05) is 18.2 Å². The summed E-state index contributed by atoms with van der Waals surface area (Å²) in [6, 6.07) is 13.1. The highest BCUT2D eigenvalue weighted by Gasteiger charge is 2.33. The van der Waals surface area contributed by atoms with Crippen LogP contribution in [0, 0.1) is 0 Å². The Kier molecular flexibility index (Phi) is 5.78. The minimum Gasteiger partial charge on any atom is -0.497 e.